The summed E-state index contributed by atoms with van der Waals surface area (Å²) in [6, 6.07) is 5.56. The summed E-state index contributed by atoms with van der Waals surface area (Å²) in [6.07, 6.45) is 0.690. The summed E-state index contributed by atoms with van der Waals surface area (Å²) < 4.78 is 0. The predicted octanol–water partition coefficient (Wildman–Crippen LogP) is 3.18. The Morgan fingerprint density at radius 3 is 2.73 bits per heavy atom. The van der Waals surface area contributed by atoms with Gasteiger partial charge in [-0.05, 0) is 31.5 Å². The van der Waals surface area contributed by atoms with Crippen LogP contribution in [0.5, 0.6) is 0 Å². The number of rotatable bonds is 2. The summed E-state index contributed by atoms with van der Waals surface area (Å²) in [4.78, 5) is 11.1. The third kappa shape index (κ3) is 3.42. The fourth-order valence-corrected chi connectivity index (χ4v) is 1.32. The lowest BCUT2D eigenvalue weighted by Crippen LogP contribution is -1.93. The van der Waals surface area contributed by atoms with Gasteiger partial charge in [0.2, 0.25) is 0 Å². The van der Waals surface area contributed by atoms with E-state index in [1.165, 1.54) is 0 Å². The maximum atomic E-state index is 11.1. The van der Waals surface area contributed by atoms with Gasteiger partial charge >= 0.3 is 0 Å². The van der Waals surface area contributed by atoms with Gasteiger partial charge in [-0.15, -0.1) is 11.6 Å². The summed E-state index contributed by atoms with van der Waals surface area (Å²) in [5.74, 6) is 6.64. The summed E-state index contributed by atoms with van der Waals surface area (Å²) >= 11 is 5.53. The van der Waals surface area contributed by atoms with E-state index >= 15 is 0 Å². The van der Waals surface area contributed by atoms with Gasteiger partial charge in [0.1, 0.15) is 0 Å². The van der Waals surface area contributed by atoms with Crippen LogP contribution in [0.1, 0.15) is 34.8 Å². The van der Waals surface area contributed by atoms with E-state index < -0.39 is 0 Å². The van der Waals surface area contributed by atoms with Gasteiger partial charge < -0.3 is 0 Å². The number of Topliss-reactive ketones (excluding diaryl/α,β-unsaturated/α-hetero) is 1. The minimum atomic E-state index is 0.0818. The van der Waals surface area contributed by atoms with Crippen molar-refractivity contribution in [3.63, 3.8) is 0 Å². The zero-order valence-corrected chi connectivity index (χ0v) is 9.69. The van der Waals surface area contributed by atoms with Crippen molar-refractivity contribution in [1.29, 1.82) is 0 Å². The highest BCUT2D eigenvalue weighted by atomic mass is 35.5. The van der Waals surface area contributed by atoms with Crippen molar-refractivity contribution in [1.82, 2.24) is 0 Å². The number of hydrogen-bond acceptors (Lipinski definition) is 1. The molecule has 0 unspecified atom stereocenters. The average molecular weight is 221 g/mol. The average Bonchev–Trinajstić information content (AvgIpc) is 2.20. The number of ketones is 1. The highest BCUT2D eigenvalue weighted by molar-refractivity contribution is 6.18. The Balaban J connectivity index is 2.95. The van der Waals surface area contributed by atoms with E-state index in [1.807, 2.05) is 19.1 Å². The fourth-order valence-electron chi connectivity index (χ4n) is 1.23. The Bertz CT molecular complexity index is 424. The summed E-state index contributed by atoms with van der Waals surface area (Å²) in [5, 5.41) is 0. The lowest BCUT2D eigenvalue weighted by Gasteiger charge is -2.00. The molecule has 0 fully saturated rings. The lowest BCUT2D eigenvalue weighted by atomic mass is 10.0. The smallest absolute Gasteiger partial charge is 0.159 e. The number of carbonyl (C=O) groups excluding carboxylic acids is 1. The number of aryl methyl sites for hydroxylation is 1. The summed E-state index contributed by atoms with van der Waals surface area (Å²) in [6.45, 7) is 3.52. The van der Waals surface area contributed by atoms with Crippen molar-refractivity contribution in [3.05, 3.63) is 34.9 Å². The molecule has 1 rings (SSSR count). The van der Waals surface area contributed by atoms with Crippen LogP contribution in [0, 0.1) is 18.8 Å². The van der Waals surface area contributed by atoms with E-state index in [9.17, 15) is 4.79 Å². The van der Waals surface area contributed by atoms with Crippen LogP contribution in [0.15, 0.2) is 18.2 Å². The Morgan fingerprint density at radius 1 is 1.47 bits per heavy atom. The summed E-state index contributed by atoms with van der Waals surface area (Å²) in [7, 11) is 0. The van der Waals surface area contributed by atoms with Gasteiger partial charge in [0, 0.05) is 23.4 Å². The third-order valence-corrected chi connectivity index (χ3v) is 2.26. The van der Waals surface area contributed by atoms with Gasteiger partial charge in [-0.25, -0.2) is 0 Å². The Morgan fingerprint density at radius 2 is 2.20 bits per heavy atom. The molecule has 0 saturated carbocycles. The molecule has 0 radical (unpaired) electrons. The molecule has 1 aromatic carbocycles. The predicted molar refractivity (Wildman–Crippen MR) is 63.4 cm³/mol. The van der Waals surface area contributed by atoms with Gasteiger partial charge in [0.25, 0.3) is 0 Å². The fraction of sp³-hybridized carbons (Fsp3) is 0.308. The third-order valence-electron chi connectivity index (χ3n) is 2.08. The van der Waals surface area contributed by atoms with Crippen LogP contribution in [0.4, 0.5) is 0 Å². The first kappa shape index (κ1) is 11.8. The normalized spacial score (nSPS) is 9.27. The Labute approximate surface area is 95.5 Å². The maximum Gasteiger partial charge on any atom is 0.159 e. The van der Waals surface area contributed by atoms with Gasteiger partial charge in [-0.2, -0.15) is 0 Å². The highest BCUT2D eigenvalue weighted by Crippen LogP contribution is 2.10. The molecule has 0 aromatic heterocycles. The van der Waals surface area contributed by atoms with Crippen LogP contribution in [-0.2, 0) is 0 Å². The van der Waals surface area contributed by atoms with Crippen LogP contribution in [0.2, 0.25) is 0 Å². The van der Waals surface area contributed by atoms with E-state index in [4.69, 9.17) is 11.6 Å². The number of halogens is 1. The first-order valence-corrected chi connectivity index (χ1v) is 5.35. The molecule has 78 valence electrons. The lowest BCUT2D eigenvalue weighted by molar-refractivity contribution is 0.101. The van der Waals surface area contributed by atoms with Crippen LogP contribution in [-0.4, -0.2) is 11.7 Å². The standard InChI is InChI=1S/C13H13ClO/c1-10-9-13(11(2)15)7-6-12(10)5-3-4-8-14/h6-7,9H,4,8H2,1-2H3. The van der Waals surface area contributed by atoms with E-state index in [0.717, 1.165) is 16.7 Å². The second-order valence-electron chi connectivity index (χ2n) is 3.33. The SMILES string of the molecule is CC(=O)c1ccc(C#CCCCl)c(C)c1. The molecule has 0 saturated heterocycles. The van der Waals surface area contributed by atoms with Crippen LogP contribution in [0.25, 0.3) is 0 Å². The number of hydrogen-bond donors (Lipinski definition) is 0. The van der Waals surface area contributed by atoms with Gasteiger partial charge in [0.05, 0.1) is 0 Å². The van der Waals surface area contributed by atoms with Crippen molar-refractivity contribution in [3.8, 4) is 11.8 Å². The molecule has 0 spiro atoms. The molecule has 0 atom stereocenters. The van der Waals surface area contributed by atoms with Gasteiger partial charge in [-0.1, -0.05) is 17.9 Å². The topological polar surface area (TPSA) is 17.1 Å². The molecule has 0 aliphatic heterocycles. The minimum Gasteiger partial charge on any atom is -0.295 e. The van der Waals surface area contributed by atoms with Crippen molar-refractivity contribution in [2.45, 2.75) is 20.3 Å². The minimum absolute atomic E-state index is 0.0818. The van der Waals surface area contributed by atoms with Crippen LogP contribution in [0.3, 0.4) is 0 Å². The number of alkyl halides is 1. The first-order chi connectivity index (χ1) is 7.15. The molecule has 0 heterocycles. The van der Waals surface area contributed by atoms with E-state index in [0.29, 0.717) is 12.3 Å². The second kappa shape index (κ2) is 5.58. The van der Waals surface area contributed by atoms with Crippen molar-refractivity contribution in [2.75, 3.05) is 5.88 Å². The number of benzene rings is 1. The Hall–Kier alpha value is -1.26. The molecule has 15 heavy (non-hydrogen) atoms. The van der Waals surface area contributed by atoms with Gasteiger partial charge in [0.15, 0.2) is 5.78 Å². The van der Waals surface area contributed by atoms with Crippen LogP contribution < -0.4 is 0 Å². The van der Waals surface area contributed by atoms with E-state index in [1.54, 1.807) is 13.0 Å². The largest absolute Gasteiger partial charge is 0.295 e. The zero-order valence-electron chi connectivity index (χ0n) is 8.93. The van der Waals surface area contributed by atoms with Crippen molar-refractivity contribution < 1.29 is 4.79 Å². The quantitative estimate of drug-likeness (QED) is 0.425. The molecule has 1 aromatic rings. The van der Waals surface area contributed by atoms with Crippen molar-refractivity contribution >= 4 is 17.4 Å². The molecular weight excluding hydrogens is 208 g/mol. The van der Waals surface area contributed by atoms with E-state index in [-0.39, 0.29) is 5.78 Å². The van der Waals surface area contributed by atoms with E-state index in [2.05, 4.69) is 11.8 Å². The molecule has 1 nitrogen and oxygen atoms in total. The molecule has 0 bridgehead atoms. The molecule has 0 N–H and O–H groups in total. The van der Waals surface area contributed by atoms with Gasteiger partial charge in [-0.3, -0.25) is 4.79 Å². The molecule has 0 aliphatic carbocycles. The molecular formula is C13H13ClO. The second-order valence-corrected chi connectivity index (χ2v) is 3.70. The summed E-state index contributed by atoms with van der Waals surface area (Å²) in [5.41, 5.74) is 2.73. The van der Waals surface area contributed by atoms with Crippen LogP contribution >= 0.6 is 11.6 Å². The monoisotopic (exact) mass is 220 g/mol. The van der Waals surface area contributed by atoms with Crippen molar-refractivity contribution in [2.24, 2.45) is 0 Å². The Kier molecular flexibility index (Phi) is 4.39. The molecule has 0 amide bonds. The zero-order chi connectivity index (χ0) is 11.3. The molecule has 2 heteroatoms. The highest BCUT2D eigenvalue weighted by Gasteiger charge is 2.01. The maximum absolute atomic E-state index is 11.1. The molecule has 0 aliphatic rings. The number of carbonyl (C=O) groups is 1. The first-order valence-electron chi connectivity index (χ1n) is 4.81.